The molecule has 2 aromatic carbocycles. The number of non-ortho nitro benzene ring substituents is 1. The van der Waals surface area contributed by atoms with Crippen molar-refractivity contribution >= 4 is 57.9 Å². The quantitative estimate of drug-likeness (QED) is 0.297. The van der Waals surface area contributed by atoms with Gasteiger partial charge in [0.2, 0.25) is 0 Å². The molecule has 1 aliphatic rings. The van der Waals surface area contributed by atoms with Gasteiger partial charge in [-0.2, -0.15) is 0 Å². The molecule has 0 N–H and O–H groups in total. The third-order valence-electron chi connectivity index (χ3n) is 4.16. The van der Waals surface area contributed by atoms with Crippen molar-refractivity contribution in [3.63, 3.8) is 0 Å². The second-order valence-corrected chi connectivity index (χ2v) is 8.48. The van der Waals surface area contributed by atoms with Crippen molar-refractivity contribution in [1.29, 1.82) is 0 Å². The number of nitro benzene ring substituents is 1. The topological polar surface area (TPSA) is 89.8 Å². The molecule has 30 heavy (non-hydrogen) atoms. The highest BCUT2D eigenvalue weighted by atomic mass is 35.5. The maximum atomic E-state index is 12.4. The Labute approximate surface area is 186 Å². The van der Waals surface area contributed by atoms with E-state index in [1.807, 2.05) is 0 Å². The first-order valence-electron chi connectivity index (χ1n) is 8.79. The van der Waals surface area contributed by atoms with Crippen LogP contribution in [0.5, 0.6) is 5.75 Å². The summed E-state index contributed by atoms with van der Waals surface area (Å²) in [6.45, 7) is 3.56. The number of carbonyl (C=O) groups is 2. The molecule has 0 atom stereocenters. The van der Waals surface area contributed by atoms with E-state index in [4.69, 9.17) is 27.9 Å². The molecule has 0 unspecified atom stereocenters. The van der Waals surface area contributed by atoms with Crippen LogP contribution in [0.3, 0.4) is 0 Å². The average molecular weight is 467 g/mol. The van der Waals surface area contributed by atoms with Crippen molar-refractivity contribution in [3.8, 4) is 5.75 Å². The zero-order valence-corrected chi connectivity index (χ0v) is 18.3. The molecule has 2 aromatic rings. The minimum atomic E-state index is -0.487. The molecule has 0 saturated carbocycles. The zero-order valence-electron chi connectivity index (χ0n) is 15.9. The highest BCUT2D eigenvalue weighted by Crippen LogP contribution is 2.38. The molecule has 1 heterocycles. The van der Waals surface area contributed by atoms with Gasteiger partial charge in [0, 0.05) is 18.2 Å². The number of amides is 2. The zero-order chi connectivity index (χ0) is 22.0. The summed E-state index contributed by atoms with van der Waals surface area (Å²) in [7, 11) is 0. The summed E-state index contributed by atoms with van der Waals surface area (Å²) in [5.74, 6) is -0.143. The number of ether oxygens (including phenoxy) is 1. The van der Waals surface area contributed by atoms with E-state index in [-0.39, 0.29) is 50.2 Å². The summed E-state index contributed by atoms with van der Waals surface area (Å²) < 4.78 is 5.66. The van der Waals surface area contributed by atoms with E-state index in [2.05, 4.69) is 0 Å². The lowest BCUT2D eigenvalue weighted by Crippen LogP contribution is -2.34. The summed E-state index contributed by atoms with van der Waals surface area (Å²) in [5.41, 5.74) is 1.09. The fourth-order valence-electron chi connectivity index (χ4n) is 2.79. The van der Waals surface area contributed by atoms with Gasteiger partial charge in [0.1, 0.15) is 6.61 Å². The van der Waals surface area contributed by atoms with Gasteiger partial charge in [0.15, 0.2) is 5.75 Å². The third kappa shape index (κ3) is 4.77. The second kappa shape index (κ2) is 9.07. The lowest BCUT2D eigenvalue weighted by Gasteiger charge is -2.16. The molecule has 0 bridgehead atoms. The van der Waals surface area contributed by atoms with Crippen LogP contribution in [-0.2, 0) is 11.4 Å². The van der Waals surface area contributed by atoms with E-state index >= 15 is 0 Å². The Balaban J connectivity index is 1.79. The fourth-order valence-corrected chi connectivity index (χ4v) is 4.37. The molecule has 0 radical (unpaired) electrons. The average Bonchev–Trinajstić information content (AvgIpc) is 2.94. The Hall–Kier alpha value is -2.55. The molecule has 1 aliphatic heterocycles. The van der Waals surface area contributed by atoms with Gasteiger partial charge in [-0.15, -0.1) is 0 Å². The fraction of sp³-hybridized carbons (Fsp3) is 0.200. The standard InChI is InChI=1S/C20H16Cl2N2O5S/c1-11(2)23-19(25)17(30-20(23)26)9-13-7-15(21)18(16(22)8-13)29-10-12-4-3-5-14(6-12)24(27)28/h3-9,11H,10H2,1-2H3/b17-9+. The Kier molecular flexibility index (Phi) is 6.70. The molecule has 0 aliphatic carbocycles. The van der Waals surface area contributed by atoms with Crippen LogP contribution in [0, 0.1) is 10.1 Å². The van der Waals surface area contributed by atoms with Gasteiger partial charge >= 0.3 is 0 Å². The number of imide groups is 1. The highest BCUT2D eigenvalue weighted by molar-refractivity contribution is 8.18. The van der Waals surface area contributed by atoms with Gasteiger partial charge in [0.25, 0.3) is 16.8 Å². The second-order valence-electron chi connectivity index (χ2n) is 6.67. The van der Waals surface area contributed by atoms with Gasteiger partial charge < -0.3 is 4.74 Å². The number of carbonyl (C=O) groups excluding carboxylic acids is 2. The summed E-state index contributed by atoms with van der Waals surface area (Å²) in [6.07, 6.45) is 1.55. The number of hydrogen-bond acceptors (Lipinski definition) is 6. The van der Waals surface area contributed by atoms with Crippen LogP contribution >= 0.6 is 35.0 Å². The number of halogens is 2. The van der Waals surface area contributed by atoms with Crippen molar-refractivity contribution in [2.45, 2.75) is 26.5 Å². The summed E-state index contributed by atoms with van der Waals surface area (Å²) in [6, 6.07) is 8.95. The highest BCUT2D eigenvalue weighted by Gasteiger charge is 2.36. The number of rotatable bonds is 6. The van der Waals surface area contributed by atoms with Crippen molar-refractivity contribution < 1.29 is 19.2 Å². The van der Waals surface area contributed by atoms with Crippen molar-refractivity contribution in [2.75, 3.05) is 0 Å². The third-order valence-corrected chi connectivity index (χ3v) is 5.61. The predicted molar refractivity (Wildman–Crippen MR) is 117 cm³/mol. The van der Waals surface area contributed by atoms with Crippen molar-refractivity contribution in [2.24, 2.45) is 0 Å². The van der Waals surface area contributed by atoms with Crippen molar-refractivity contribution in [1.82, 2.24) is 4.90 Å². The lowest BCUT2D eigenvalue weighted by molar-refractivity contribution is -0.384. The molecule has 0 spiro atoms. The lowest BCUT2D eigenvalue weighted by atomic mass is 10.2. The van der Waals surface area contributed by atoms with Crippen LogP contribution in [0.15, 0.2) is 41.3 Å². The van der Waals surface area contributed by atoms with Gasteiger partial charge in [-0.25, -0.2) is 0 Å². The van der Waals surface area contributed by atoms with E-state index < -0.39 is 4.92 Å². The van der Waals surface area contributed by atoms with E-state index in [0.717, 1.165) is 11.8 Å². The number of nitro groups is 1. The summed E-state index contributed by atoms with van der Waals surface area (Å²) >= 11 is 13.5. The first kappa shape index (κ1) is 22.1. The van der Waals surface area contributed by atoms with Crippen LogP contribution < -0.4 is 4.74 Å². The van der Waals surface area contributed by atoms with Crippen LogP contribution in [0.2, 0.25) is 10.0 Å². The predicted octanol–water partition coefficient (Wildman–Crippen LogP) is 5.93. The monoisotopic (exact) mass is 466 g/mol. The van der Waals surface area contributed by atoms with Gasteiger partial charge in [0.05, 0.1) is 19.9 Å². The largest absolute Gasteiger partial charge is 0.486 e. The Morgan fingerprint density at radius 1 is 1.20 bits per heavy atom. The Morgan fingerprint density at radius 3 is 2.43 bits per heavy atom. The molecule has 2 amide bonds. The molecule has 156 valence electrons. The summed E-state index contributed by atoms with van der Waals surface area (Å²) in [4.78, 5) is 36.3. The molecule has 1 fully saturated rings. The molecule has 1 saturated heterocycles. The first-order chi connectivity index (χ1) is 14.2. The first-order valence-corrected chi connectivity index (χ1v) is 10.4. The molecule has 7 nitrogen and oxygen atoms in total. The minimum Gasteiger partial charge on any atom is -0.486 e. The normalized spacial score (nSPS) is 15.4. The summed E-state index contributed by atoms with van der Waals surface area (Å²) in [5, 5.41) is 11.0. The molecular formula is C20H16Cl2N2O5S. The molecule has 0 aromatic heterocycles. The van der Waals surface area contributed by atoms with Gasteiger partial charge in [-0.05, 0) is 54.9 Å². The van der Waals surface area contributed by atoms with Crippen molar-refractivity contribution in [3.05, 3.63) is 72.6 Å². The van der Waals surface area contributed by atoms with Crippen LogP contribution in [0.25, 0.3) is 6.08 Å². The number of hydrogen-bond donors (Lipinski definition) is 0. The van der Waals surface area contributed by atoms with E-state index in [9.17, 15) is 19.7 Å². The van der Waals surface area contributed by atoms with E-state index in [1.165, 1.54) is 17.0 Å². The van der Waals surface area contributed by atoms with Gasteiger partial charge in [-0.1, -0.05) is 35.3 Å². The SMILES string of the molecule is CC(C)N1C(=O)S/C(=C/c2cc(Cl)c(OCc3cccc([N+](=O)[O-])c3)c(Cl)c2)C1=O. The maximum absolute atomic E-state index is 12.4. The van der Waals surface area contributed by atoms with Crippen LogP contribution in [-0.4, -0.2) is 27.0 Å². The minimum absolute atomic E-state index is 0.0355. The maximum Gasteiger partial charge on any atom is 0.293 e. The Morgan fingerprint density at radius 2 is 1.87 bits per heavy atom. The van der Waals surface area contributed by atoms with Gasteiger partial charge in [-0.3, -0.25) is 24.6 Å². The number of thioether (sulfide) groups is 1. The molecule has 3 rings (SSSR count). The van der Waals surface area contributed by atoms with E-state index in [0.29, 0.717) is 11.1 Å². The van der Waals surface area contributed by atoms with Crippen LogP contribution in [0.1, 0.15) is 25.0 Å². The van der Waals surface area contributed by atoms with E-state index in [1.54, 1.807) is 44.2 Å². The molecular weight excluding hydrogens is 451 g/mol. The Bertz CT molecular complexity index is 1050. The number of benzene rings is 2. The van der Waals surface area contributed by atoms with Crippen LogP contribution in [0.4, 0.5) is 10.5 Å². The number of nitrogens with zero attached hydrogens (tertiary/aromatic N) is 2. The smallest absolute Gasteiger partial charge is 0.293 e. The molecule has 10 heteroatoms.